The second kappa shape index (κ2) is 11.6. The van der Waals surface area contributed by atoms with Crippen molar-refractivity contribution in [2.24, 2.45) is 4.99 Å². The number of alkyl halides is 6. The summed E-state index contributed by atoms with van der Waals surface area (Å²) < 4.78 is 115. The minimum absolute atomic E-state index is 0.350. The third-order valence-electron chi connectivity index (χ3n) is 3.06. The monoisotopic (exact) mass is 544 g/mol. The molecule has 0 aliphatic rings. The standard InChI is InChI=1S/C13H17N3O3.C2F6NO4S2/c1-16(2,3)8-9-19-13(18)15-12-6-4-11(5-7-12)14-10-17;3-1(4,5)14(10,11)9-15(12,13)2(6,7)8/h4-7H,8-9H2,1-3H3;/q;-1/p+1. The summed E-state index contributed by atoms with van der Waals surface area (Å²) in [6, 6.07) is 6.48. The van der Waals surface area contributed by atoms with Crippen molar-refractivity contribution in [1.29, 1.82) is 0 Å². The number of nitrogens with zero attached hydrogens (tertiary/aromatic N) is 3. The van der Waals surface area contributed by atoms with Gasteiger partial charge < -0.3 is 13.3 Å². The number of likely N-dealkylation sites (N-methyl/N-ethyl adjacent to an activating group) is 1. The molecular weight excluding hydrogens is 526 g/mol. The molecule has 1 aromatic rings. The fourth-order valence-electron chi connectivity index (χ4n) is 1.45. The maximum atomic E-state index is 11.5. The van der Waals surface area contributed by atoms with Crippen LogP contribution >= 0.6 is 0 Å². The van der Waals surface area contributed by atoms with Crippen LogP contribution in [-0.2, 0) is 29.6 Å². The zero-order chi connectivity index (χ0) is 27.0. The Morgan fingerprint density at radius 2 is 1.44 bits per heavy atom. The van der Waals surface area contributed by atoms with Gasteiger partial charge in [-0.15, -0.1) is 0 Å². The number of carbonyl (C=O) groups is 1. The fourth-order valence-corrected chi connectivity index (χ4v) is 3.16. The average Bonchev–Trinajstić information content (AvgIpc) is 2.60. The smallest absolute Gasteiger partial charge is 0.443 e. The highest BCUT2D eigenvalue weighted by atomic mass is 32.3. The minimum Gasteiger partial charge on any atom is -0.443 e. The summed E-state index contributed by atoms with van der Waals surface area (Å²) in [5.41, 5.74) is -11.3. The van der Waals surface area contributed by atoms with Crippen molar-refractivity contribution in [3.05, 3.63) is 28.4 Å². The predicted molar refractivity (Wildman–Crippen MR) is 105 cm³/mol. The maximum Gasteiger partial charge on any atom is 0.480 e. The molecule has 0 atom stereocenters. The van der Waals surface area contributed by atoms with Crippen molar-refractivity contribution in [3.8, 4) is 0 Å². The Balaban J connectivity index is 0.000000661. The van der Waals surface area contributed by atoms with Crippen LogP contribution in [0.1, 0.15) is 0 Å². The van der Waals surface area contributed by atoms with E-state index in [0.717, 1.165) is 15.2 Å². The molecule has 11 nitrogen and oxygen atoms in total. The molecular formula is C15H18F6N4O7S2. The number of ether oxygens (including phenoxy) is 1. The van der Waals surface area contributed by atoms with E-state index in [1.807, 2.05) is 21.1 Å². The predicted octanol–water partition coefficient (Wildman–Crippen LogP) is 2.97. The van der Waals surface area contributed by atoms with Gasteiger partial charge in [-0.2, -0.15) is 31.3 Å². The molecule has 0 aliphatic heterocycles. The fraction of sp³-hybridized carbons (Fsp3) is 0.467. The molecule has 1 amide bonds. The van der Waals surface area contributed by atoms with Crippen molar-refractivity contribution >= 4 is 43.6 Å². The maximum absolute atomic E-state index is 11.5. The summed E-state index contributed by atoms with van der Waals surface area (Å²) in [5.74, 6) is 0. The molecule has 1 aromatic carbocycles. The molecule has 0 aromatic heterocycles. The first kappa shape index (κ1) is 31.3. The molecule has 34 heavy (non-hydrogen) atoms. The Bertz CT molecular complexity index is 1050. The summed E-state index contributed by atoms with van der Waals surface area (Å²) >= 11 is 0. The lowest BCUT2D eigenvalue weighted by Crippen LogP contribution is -2.38. The summed E-state index contributed by atoms with van der Waals surface area (Å²) in [5, 5.41) is 2.59. The van der Waals surface area contributed by atoms with Gasteiger partial charge in [-0.1, -0.05) is 0 Å². The Hall–Kier alpha value is -2.73. The van der Waals surface area contributed by atoms with Crippen molar-refractivity contribution in [2.45, 2.75) is 11.0 Å². The first-order valence-electron chi connectivity index (χ1n) is 8.40. The lowest BCUT2D eigenvalue weighted by molar-refractivity contribution is -0.870. The highest BCUT2D eigenvalue weighted by molar-refractivity contribution is 8.13. The lowest BCUT2D eigenvalue weighted by atomic mass is 10.3. The minimum atomic E-state index is -6.72. The van der Waals surface area contributed by atoms with E-state index in [9.17, 15) is 52.8 Å². The molecule has 0 aliphatic carbocycles. The van der Waals surface area contributed by atoms with E-state index in [1.165, 1.54) is 6.08 Å². The third kappa shape index (κ3) is 11.4. The number of carbonyl (C=O) groups excluding carboxylic acids is 2. The first-order valence-corrected chi connectivity index (χ1v) is 11.3. The van der Waals surface area contributed by atoms with Crippen LogP contribution in [0.25, 0.3) is 4.13 Å². The lowest BCUT2D eigenvalue weighted by Gasteiger charge is -2.23. The third-order valence-corrected chi connectivity index (χ3v) is 5.80. The molecule has 0 radical (unpaired) electrons. The van der Waals surface area contributed by atoms with Gasteiger partial charge in [0.25, 0.3) is 0 Å². The second-order valence-corrected chi connectivity index (χ2v) is 10.4. The number of amides is 1. The van der Waals surface area contributed by atoms with E-state index < -0.39 is 37.2 Å². The SMILES string of the molecule is C[N+](C)(C)CCOC(=O)Nc1ccc(N=C=O)cc1.O=S(=O)([N-]S(=O)(=O)C(F)(F)F)C(F)(F)F. The number of nitrogens with one attached hydrogen (secondary N) is 1. The van der Waals surface area contributed by atoms with E-state index in [0.29, 0.717) is 18.0 Å². The van der Waals surface area contributed by atoms with Crippen molar-refractivity contribution in [3.63, 3.8) is 0 Å². The van der Waals surface area contributed by atoms with E-state index in [4.69, 9.17) is 4.74 Å². The Kier molecular flexibility index (Phi) is 10.7. The molecule has 19 heteroatoms. The second-order valence-electron chi connectivity index (χ2n) is 6.94. The van der Waals surface area contributed by atoms with E-state index in [2.05, 4.69) is 10.3 Å². The Labute approximate surface area is 190 Å². The van der Waals surface area contributed by atoms with Crippen LogP contribution in [0.3, 0.4) is 0 Å². The first-order chi connectivity index (χ1) is 15.1. The van der Waals surface area contributed by atoms with Crippen LogP contribution in [0.15, 0.2) is 29.3 Å². The van der Waals surface area contributed by atoms with Crippen LogP contribution in [0.5, 0.6) is 0 Å². The van der Waals surface area contributed by atoms with Gasteiger partial charge in [0.05, 0.1) is 26.8 Å². The number of isocyanates is 1. The number of benzene rings is 1. The molecule has 0 saturated carbocycles. The quantitative estimate of drug-likeness (QED) is 0.240. The zero-order valence-corrected chi connectivity index (χ0v) is 19.1. The number of halogens is 6. The van der Waals surface area contributed by atoms with Gasteiger partial charge in [-0.05, 0) is 24.3 Å². The van der Waals surface area contributed by atoms with Gasteiger partial charge in [0.1, 0.15) is 13.2 Å². The molecule has 0 heterocycles. The number of sulfonamides is 2. The van der Waals surface area contributed by atoms with Crippen LogP contribution in [0.4, 0.5) is 42.5 Å². The normalized spacial score (nSPS) is 12.6. The number of hydrogen-bond acceptors (Lipinski definition) is 8. The molecule has 0 fully saturated rings. The highest BCUT2D eigenvalue weighted by Crippen LogP contribution is 2.36. The van der Waals surface area contributed by atoms with Gasteiger partial charge in [0.2, 0.25) is 6.08 Å². The van der Waals surface area contributed by atoms with Crippen LogP contribution < -0.4 is 5.32 Å². The number of quaternary nitrogens is 1. The number of rotatable bonds is 7. The van der Waals surface area contributed by atoms with Gasteiger partial charge in [-0.25, -0.2) is 26.4 Å². The summed E-state index contributed by atoms with van der Waals surface area (Å²) in [4.78, 5) is 25.0. The average molecular weight is 544 g/mol. The summed E-state index contributed by atoms with van der Waals surface area (Å²) in [6.07, 6.45) is 0.948. The van der Waals surface area contributed by atoms with Crippen LogP contribution in [-0.4, -0.2) is 78.8 Å². The zero-order valence-electron chi connectivity index (χ0n) is 17.5. The van der Waals surface area contributed by atoms with Gasteiger partial charge >= 0.3 is 17.1 Å². The molecule has 1 N–H and O–H groups in total. The highest BCUT2D eigenvalue weighted by Gasteiger charge is 2.46. The molecule has 0 saturated heterocycles. The molecule has 194 valence electrons. The summed E-state index contributed by atoms with van der Waals surface area (Å²) in [6.45, 7) is 1.09. The van der Waals surface area contributed by atoms with Crippen molar-refractivity contribution in [2.75, 3.05) is 39.6 Å². The summed E-state index contributed by atoms with van der Waals surface area (Å²) in [7, 11) is -7.38. The van der Waals surface area contributed by atoms with E-state index in [-0.39, 0.29) is 0 Å². The van der Waals surface area contributed by atoms with Gasteiger partial charge in [0.15, 0.2) is 20.0 Å². The number of aliphatic imine (C=N–C) groups is 1. The molecule has 0 bridgehead atoms. The van der Waals surface area contributed by atoms with Gasteiger partial charge in [0, 0.05) is 5.69 Å². The topological polar surface area (TPSA) is 150 Å². The van der Waals surface area contributed by atoms with E-state index in [1.54, 1.807) is 24.3 Å². The molecule has 1 rings (SSSR count). The van der Waals surface area contributed by atoms with Crippen molar-refractivity contribution < 1.29 is 62.0 Å². The van der Waals surface area contributed by atoms with Crippen LogP contribution in [0.2, 0.25) is 0 Å². The Morgan fingerprint density at radius 3 is 1.79 bits per heavy atom. The number of anilines is 1. The largest absolute Gasteiger partial charge is 0.480 e. The van der Waals surface area contributed by atoms with Gasteiger partial charge in [-0.3, -0.25) is 5.32 Å². The number of hydrogen-bond donors (Lipinski definition) is 1. The Morgan fingerprint density at radius 1 is 1.00 bits per heavy atom. The van der Waals surface area contributed by atoms with Crippen LogP contribution in [0, 0.1) is 0 Å². The molecule has 0 spiro atoms. The van der Waals surface area contributed by atoms with Crippen molar-refractivity contribution in [1.82, 2.24) is 0 Å². The molecule has 0 unspecified atom stereocenters. The van der Waals surface area contributed by atoms with E-state index >= 15 is 0 Å².